The molecule has 5 nitrogen and oxygen atoms in total. The van der Waals surface area contributed by atoms with E-state index < -0.39 is 0 Å². The lowest BCUT2D eigenvalue weighted by Gasteiger charge is -2.36. The van der Waals surface area contributed by atoms with Gasteiger partial charge in [-0.15, -0.1) is 0 Å². The van der Waals surface area contributed by atoms with E-state index in [4.69, 9.17) is 9.97 Å². The van der Waals surface area contributed by atoms with Gasteiger partial charge < -0.3 is 9.80 Å². The number of carbonyl (C=O) groups is 1. The highest BCUT2D eigenvalue weighted by molar-refractivity contribution is 5.94. The zero-order valence-corrected chi connectivity index (χ0v) is 18.5. The molecule has 32 heavy (non-hydrogen) atoms. The number of rotatable bonds is 3. The Morgan fingerprint density at radius 2 is 1.41 bits per heavy atom. The van der Waals surface area contributed by atoms with Gasteiger partial charge in [-0.25, -0.2) is 9.97 Å². The molecule has 1 amide bonds. The van der Waals surface area contributed by atoms with Crippen molar-refractivity contribution in [3.05, 3.63) is 89.5 Å². The van der Waals surface area contributed by atoms with Crippen LogP contribution in [0.1, 0.15) is 21.5 Å². The molecule has 0 atom stereocenters. The third kappa shape index (κ3) is 3.82. The van der Waals surface area contributed by atoms with Gasteiger partial charge in [0.2, 0.25) is 0 Å². The van der Waals surface area contributed by atoms with Crippen molar-refractivity contribution >= 4 is 22.8 Å². The minimum atomic E-state index is 0.0978. The smallest absolute Gasteiger partial charge is 0.253 e. The highest BCUT2D eigenvalue weighted by Crippen LogP contribution is 2.30. The Labute approximate surface area is 188 Å². The number of nitrogens with zero attached hydrogens (tertiary/aromatic N) is 4. The normalized spacial score (nSPS) is 14.1. The molecule has 1 saturated heterocycles. The van der Waals surface area contributed by atoms with Crippen molar-refractivity contribution in [3.63, 3.8) is 0 Å². The number of para-hydroxylation sites is 2. The number of benzene rings is 3. The van der Waals surface area contributed by atoms with Gasteiger partial charge in [-0.3, -0.25) is 4.79 Å². The van der Waals surface area contributed by atoms with Crippen molar-refractivity contribution < 1.29 is 4.79 Å². The van der Waals surface area contributed by atoms with E-state index in [1.165, 1.54) is 5.56 Å². The second-order valence-corrected chi connectivity index (χ2v) is 8.33. The molecule has 1 aliphatic rings. The van der Waals surface area contributed by atoms with Crippen LogP contribution in [-0.4, -0.2) is 47.0 Å². The maximum absolute atomic E-state index is 13.0. The zero-order chi connectivity index (χ0) is 22.1. The summed E-state index contributed by atoms with van der Waals surface area (Å²) in [6.45, 7) is 6.89. The molecular formula is C27H26N4O. The van der Waals surface area contributed by atoms with Gasteiger partial charge in [0, 0.05) is 37.3 Å². The molecule has 0 radical (unpaired) electrons. The van der Waals surface area contributed by atoms with Gasteiger partial charge >= 0.3 is 0 Å². The van der Waals surface area contributed by atoms with Gasteiger partial charge in [-0.1, -0.05) is 48.5 Å². The van der Waals surface area contributed by atoms with Crippen molar-refractivity contribution in [2.24, 2.45) is 0 Å². The lowest BCUT2D eigenvalue weighted by molar-refractivity contribution is 0.0746. The molecule has 1 aromatic heterocycles. The fraction of sp³-hybridized carbons (Fsp3) is 0.222. The van der Waals surface area contributed by atoms with Gasteiger partial charge in [-0.2, -0.15) is 0 Å². The number of aromatic nitrogens is 2. The van der Waals surface area contributed by atoms with Crippen LogP contribution in [0.4, 0.5) is 5.82 Å². The summed E-state index contributed by atoms with van der Waals surface area (Å²) in [5, 5.41) is 0. The largest absolute Gasteiger partial charge is 0.351 e. The maximum atomic E-state index is 13.0. The summed E-state index contributed by atoms with van der Waals surface area (Å²) in [5.41, 5.74) is 6.82. The summed E-state index contributed by atoms with van der Waals surface area (Å²) < 4.78 is 0. The first-order valence-electron chi connectivity index (χ1n) is 11.0. The highest BCUT2D eigenvalue weighted by atomic mass is 16.2. The minimum Gasteiger partial charge on any atom is -0.351 e. The molecule has 1 aliphatic heterocycles. The molecule has 0 saturated carbocycles. The summed E-state index contributed by atoms with van der Waals surface area (Å²) in [6, 6.07) is 24.1. The topological polar surface area (TPSA) is 49.3 Å². The SMILES string of the molecule is Cc1ccc(C(=O)N2CCN(c3nc4ccccc4nc3-c3ccccc3)CC2)cc1C. The van der Waals surface area contributed by atoms with Crippen LogP contribution in [0.3, 0.4) is 0 Å². The second-order valence-electron chi connectivity index (χ2n) is 8.33. The molecule has 5 rings (SSSR count). The third-order valence-electron chi connectivity index (χ3n) is 6.22. The Hall–Kier alpha value is -3.73. The highest BCUT2D eigenvalue weighted by Gasteiger charge is 2.25. The maximum Gasteiger partial charge on any atom is 0.253 e. The van der Waals surface area contributed by atoms with E-state index in [0.29, 0.717) is 13.1 Å². The molecule has 0 spiro atoms. The van der Waals surface area contributed by atoms with Crippen LogP contribution in [0.15, 0.2) is 72.8 Å². The standard InChI is InChI=1S/C27H26N4O/c1-19-12-13-22(18-20(19)2)27(32)31-16-14-30(15-17-31)26-25(21-8-4-3-5-9-21)28-23-10-6-7-11-24(23)29-26/h3-13,18H,14-17H2,1-2H3. The van der Waals surface area contributed by atoms with Crippen LogP contribution in [0.2, 0.25) is 0 Å². The van der Waals surface area contributed by atoms with Gasteiger partial charge in [-0.05, 0) is 49.2 Å². The summed E-state index contributed by atoms with van der Waals surface area (Å²) >= 11 is 0. The summed E-state index contributed by atoms with van der Waals surface area (Å²) in [5.74, 6) is 0.980. The fourth-order valence-corrected chi connectivity index (χ4v) is 4.18. The Kier molecular flexibility index (Phi) is 5.31. The number of amides is 1. The molecule has 0 N–H and O–H groups in total. The molecule has 160 valence electrons. The Balaban J connectivity index is 1.42. The molecule has 0 bridgehead atoms. The van der Waals surface area contributed by atoms with Crippen molar-refractivity contribution in [1.82, 2.24) is 14.9 Å². The van der Waals surface area contributed by atoms with Crippen molar-refractivity contribution in [2.75, 3.05) is 31.1 Å². The first-order valence-corrected chi connectivity index (χ1v) is 11.0. The van der Waals surface area contributed by atoms with Crippen LogP contribution in [0.25, 0.3) is 22.3 Å². The van der Waals surface area contributed by atoms with Gasteiger partial charge in [0.05, 0.1) is 11.0 Å². The predicted octanol–water partition coefficient (Wildman–Crippen LogP) is 4.88. The van der Waals surface area contributed by atoms with E-state index in [1.54, 1.807) is 0 Å². The van der Waals surface area contributed by atoms with Crippen LogP contribution < -0.4 is 4.90 Å². The van der Waals surface area contributed by atoms with Gasteiger partial charge in [0.25, 0.3) is 5.91 Å². The number of hydrogen-bond donors (Lipinski definition) is 0. The summed E-state index contributed by atoms with van der Waals surface area (Å²) in [7, 11) is 0. The number of aryl methyl sites for hydroxylation is 2. The molecule has 4 aromatic rings. The van der Waals surface area contributed by atoms with E-state index in [9.17, 15) is 4.79 Å². The fourth-order valence-electron chi connectivity index (χ4n) is 4.18. The van der Waals surface area contributed by atoms with E-state index in [2.05, 4.69) is 24.0 Å². The molecule has 0 unspecified atom stereocenters. The average Bonchev–Trinajstić information content (AvgIpc) is 2.85. The van der Waals surface area contributed by atoms with Gasteiger partial charge in [0.15, 0.2) is 5.82 Å². The summed E-state index contributed by atoms with van der Waals surface area (Å²) in [6.07, 6.45) is 0. The first kappa shape index (κ1) is 20.2. The Bertz CT molecular complexity index is 1280. The van der Waals surface area contributed by atoms with E-state index >= 15 is 0 Å². The van der Waals surface area contributed by atoms with E-state index in [-0.39, 0.29) is 5.91 Å². The zero-order valence-electron chi connectivity index (χ0n) is 18.5. The van der Waals surface area contributed by atoms with Crippen LogP contribution >= 0.6 is 0 Å². The van der Waals surface area contributed by atoms with E-state index in [1.807, 2.05) is 72.5 Å². The Morgan fingerprint density at radius 1 is 0.750 bits per heavy atom. The van der Waals surface area contributed by atoms with Crippen LogP contribution in [-0.2, 0) is 0 Å². The van der Waals surface area contributed by atoms with Crippen molar-refractivity contribution in [3.8, 4) is 11.3 Å². The lowest BCUT2D eigenvalue weighted by atomic mass is 10.1. The van der Waals surface area contributed by atoms with Crippen LogP contribution in [0.5, 0.6) is 0 Å². The number of anilines is 1. The number of hydrogen-bond acceptors (Lipinski definition) is 4. The molecule has 0 aliphatic carbocycles. The quantitative estimate of drug-likeness (QED) is 0.472. The van der Waals surface area contributed by atoms with Crippen molar-refractivity contribution in [2.45, 2.75) is 13.8 Å². The minimum absolute atomic E-state index is 0.0978. The molecule has 2 heterocycles. The number of fused-ring (bicyclic) bond motifs is 1. The Morgan fingerprint density at radius 3 is 2.09 bits per heavy atom. The molecule has 5 heteroatoms. The summed E-state index contributed by atoms with van der Waals surface area (Å²) in [4.78, 5) is 27.2. The lowest BCUT2D eigenvalue weighted by Crippen LogP contribution is -2.49. The van der Waals surface area contributed by atoms with E-state index in [0.717, 1.165) is 52.3 Å². The monoisotopic (exact) mass is 422 g/mol. The average molecular weight is 423 g/mol. The third-order valence-corrected chi connectivity index (χ3v) is 6.22. The van der Waals surface area contributed by atoms with Crippen LogP contribution in [0, 0.1) is 13.8 Å². The predicted molar refractivity (Wildman–Crippen MR) is 129 cm³/mol. The molecule has 1 fully saturated rings. The molecular weight excluding hydrogens is 396 g/mol. The number of piperazine rings is 1. The van der Waals surface area contributed by atoms with Gasteiger partial charge in [0.1, 0.15) is 5.69 Å². The first-order chi connectivity index (χ1) is 15.6. The number of carbonyl (C=O) groups excluding carboxylic acids is 1. The molecule has 3 aromatic carbocycles. The second kappa shape index (κ2) is 8.42. The van der Waals surface area contributed by atoms with Crippen molar-refractivity contribution in [1.29, 1.82) is 0 Å².